The molecule has 26 heavy (non-hydrogen) atoms. The van der Waals surface area contributed by atoms with Gasteiger partial charge in [0.25, 0.3) is 11.8 Å². The Morgan fingerprint density at radius 3 is 2.88 bits per heavy atom. The van der Waals surface area contributed by atoms with E-state index in [1.54, 1.807) is 18.4 Å². The highest BCUT2D eigenvalue weighted by Gasteiger charge is 2.27. The third kappa shape index (κ3) is 4.15. The summed E-state index contributed by atoms with van der Waals surface area (Å²) in [5.41, 5.74) is 1.21. The Labute approximate surface area is 153 Å². The first-order chi connectivity index (χ1) is 12.7. The second kappa shape index (κ2) is 8.69. The molecule has 0 aliphatic carbocycles. The topological polar surface area (TPSA) is 89.2 Å². The third-order valence-electron chi connectivity index (χ3n) is 4.61. The van der Waals surface area contributed by atoms with Crippen molar-refractivity contribution in [3.8, 4) is 0 Å². The summed E-state index contributed by atoms with van der Waals surface area (Å²) in [5.74, 6) is 0.561. The molecule has 7 heteroatoms. The van der Waals surface area contributed by atoms with Crippen molar-refractivity contribution in [1.82, 2.24) is 20.2 Å². The van der Waals surface area contributed by atoms with Crippen molar-refractivity contribution in [1.29, 1.82) is 0 Å². The fourth-order valence-corrected chi connectivity index (χ4v) is 3.22. The summed E-state index contributed by atoms with van der Waals surface area (Å²) in [6.07, 6.45) is 7.47. The summed E-state index contributed by atoms with van der Waals surface area (Å²) >= 11 is 0. The van der Waals surface area contributed by atoms with Crippen molar-refractivity contribution in [2.45, 2.75) is 58.5 Å². The van der Waals surface area contributed by atoms with E-state index in [0.29, 0.717) is 30.4 Å². The maximum Gasteiger partial charge on any atom is 0.287 e. The molecule has 0 unspecified atom stereocenters. The van der Waals surface area contributed by atoms with Crippen molar-refractivity contribution < 1.29 is 14.0 Å². The van der Waals surface area contributed by atoms with Crippen LogP contribution in [0.25, 0.3) is 0 Å². The largest absolute Gasteiger partial charge is 0.467 e. The van der Waals surface area contributed by atoms with Gasteiger partial charge in [-0.3, -0.25) is 9.59 Å². The minimum atomic E-state index is -0.267. The normalized spacial score (nSPS) is 13.3. The van der Waals surface area contributed by atoms with Crippen molar-refractivity contribution in [3.05, 3.63) is 41.4 Å². The van der Waals surface area contributed by atoms with Gasteiger partial charge in [-0.25, -0.2) is 4.98 Å². The lowest BCUT2D eigenvalue weighted by molar-refractivity contribution is 0.0937. The third-order valence-corrected chi connectivity index (χ3v) is 4.61. The van der Waals surface area contributed by atoms with Gasteiger partial charge in [0.2, 0.25) is 0 Å². The van der Waals surface area contributed by atoms with Gasteiger partial charge in [0.05, 0.1) is 18.5 Å². The lowest BCUT2D eigenvalue weighted by Crippen LogP contribution is -2.28. The molecule has 3 rings (SSSR count). The zero-order chi connectivity index (χ0) is 18.4. The monoisotopic (exact) mass is 358 g/mol. The number of hydrogen-bond acceptors (Lipinski definition) is 4. The Balaban J connectivity index is 1.72. The van der Waals surface area contributed by atoms with Crippen LogP contribution in [0.4, 0.5) is 0 Å². The zero-order valence-electron chi connectivity index (χ0n) is 15.2. The number of aromatic nitrogens is 2. The molecule has 0 saturated carbocycles. The number of furan rings is 1. The molecule has 0 saturated heterocycles. The van der Waals surface area contributed by atoms with E-state index in [4.69, 9.17) is 4.42 Å². The van der Waals surface area contributed by atoms with Gasteiger partial charge in [0.15, 0.2) is 5.82 Å². The molecule has 2 aromatic rings. The number of rotatable bonds is 8. The number of fused-ring (bicyclic) bond motifs is 1. The SMILES string of the molecule is CCCCCNC(=O)c1nc(C(=O)NCc2ccco2)c2n1CCCC2. The average molecular weight is 358 g/mol. The van der Waals surface area contributed by atoms with E-state index in [1.165, 1.54) is 0 Å². The summed E-state index contributed by atoms with van der Waals surface area (Å²) in [6, 6.07) is 3.58. The van der Waals surface area contributed by atoms with Gasteiger partial charge in [0.1, 0.15) is 11.5 Å². The molecule has 140 valence electrons. The van der Waals surface area contributed by atoms with Crippen LogP contribution in [0.1, 0.15) is 71.6 Å². The summed E-state index contributed by atoms with van der Waals surface area (Å²) in [6.45, 7) is 3.79. The summed E-state index contributed by atoms with van der Waals surface area (Å²) in [7, 11) is 0. The minimum Gasteiger partial charge on any atom is -0.467 e. The summed E-state index contributed by atoms with van der Waals surface area (Å²) in [4.78, 5) is 29.5. The lowest BCUT2D eigenvalue weighted by Gasteiger charge is -2.17. The second-order valence-electron chi connectivity index (χ2n) is 6.56. The molecule has 2 aromatic heterocycles. The molecule has 1 aliphatic rings. The van der Waals surface area contributed by atoms with E-state index in [-0.39, 0.29) is 11.8 Å². The van der Waals surface area contributed by atoms with Crippen LogP contribution in [0.5, 0.6) is 0 Å². The van der Waals surface area contributed by atoms with Crippen molar-refractivity contribution >= 4 is 11.8 Å². The molecule has 1 aliphatic heterocycles. The molecular formula is C19H26N4O3. The molecule has 0 radical (unpaired) electrons. The molecule has 2 amide bonds. The Morgan fingerprint density at radius 2 is 2.12 bits per heavy atom. The number of nitrogens with one attached hydrogen (secondary N) is 2. The maximum absolute atomic E-state index is 12.6. The number of imidazole rings is 1. The summed E-state index contributed by atoms with van der Waals surface area (Å²) in [5, 5.41) is 5.74. The lowest BCUT2D eigenvalue weighted by atomic mass is 10.1. The number of carbonyl (C=O) groups is 2. The predicted molar refractivity (Wildman–Crippen MR) is 96.9 cm³/mol. The van der Waals surface area contributed by atoms with Crippen molar-refractivity contribution in [2.24, 2.45) is 0 Å². The van der Waals surface area contributed by atoms with Crippen molar-refractivity contribution in [3.63, 3.8) is 0 Å². The Morgan fingerprint density at radius 1 is 1.23 bits per heavy atom. The van der Waals surface area contributed by atoms with E-state index < -0.39 is 0 Å². The Bertz CT molecular complexity index is 749. The quantitative estimate of drug-likeness (QED) is 0.710. The molecule has 0 spiro atoms. The first-order valence-electron chi connectivity index (χ1n) is 9.39. The minimum absolute atomic E-state index is 0.200. The second-order valence-corrected chi connectivity index (χ2v) is 6.56. The number of carbonyl (C=O) groups excluding carboxylic acids is 2. The molecule has 0 atom stereocenters. The van der Waals surface area contributed by atoms with E-state index >= 15 is 0 Å². The highest BCUT2D eigenvalue weighted by Crippen LogP contribution is 2.21. The van der Waals surface area contributed by atoms with Crippen LogP contribution < -0.4 is 10.6 Å². The van der Waals surface area contributed by atoms with Gasteiger partial charge >= 0.3 is 0 Å². The van der Waals surface area contributed by atoms with Gasteiger partial charge in [-0.15, -0.1) is 0 Å². The van der Waals surface area contributed by atoms with E-state index in [0.717, 1.165) is 50.8 Å². The maximum atomic E-state index is 12.6. The van der Waals surface area contributed by atoms with Crippen LogP contribution in [-0.2, 0) is 19.5 Å². The van der Waals surface area contributed by atoms with Crippen LogP contribution in [-0.4, -0.2) is 27.9 Å². The molecule has 0 bridgehead atoms. The van der Waals surface area contributed by atoms with Crippen LogP contribution in [0.3, 0.4) is 0 Å². The van der Waals surface area contributed by atoms with Crippen LogP contribution >= 0.6 is 0 Å². The zero-order valence-corrected chi connectivity index (χ0v) is 15.2. The smallest absolute Gasteiger partial charge is 0.287 e. The van der Waals surface area contributed by atoms with E-state index in [9.17, 15) is 9.59 Å². The first kappa shape index (κ1) is 18.2. The van der Waals surface area contributed by atoms with Gasteiger partial charge in [-0.05, 0) is 37.8 Å². The Hall–Kier alpha value is -2.57. The number of amides is 2. The highest BCUT2D eigenvalue weighted by atomic mass is 16.3. The van der Waals surface area contributed by atoms with Crippen LogP contribution in [0, 0.1) is 0 Å². The summed E-state index contributed by atoms with van der Waals surface area (Å²) < 4.78 is 7.14. The molecule has 3 heterocycles. The van der Waals surface area contributed by atoms with E-state index in [1.807, 2.05) is 4.57 Å². The standard InChI is InChI=1S/C19H26N4O3/c1-2-3-5-10-20-19(25)17-22-16(15-9-4-6-11-23(15)17)18(24)21-13-14-8-7-12-26-14/h7-8,12H,2-6,9-11,13H2,1H3,(H,20,25)(H,21,24). The number of hydrogen-bond donors (Lipinski definition) is 2. The number of unbranched alkanes of at least 4 members (excludes halogenated alkanes) is 2. The van der Waals surface area contributed by atoms with Gasteiger partial charge in [-0.1, -0.05) is 19.8 Å². The number of nitrogens with zero attached hydrogens (tertiary/aromatic N) is 2. The molecular weight excluding hydrogens is 332 g/mol. The van der Waals surface area contributed by atoms with Crippen molar-refractivity contribution in [2.75, 3.05) is 6.54 Å². The van der Waals surface area contributed by atoms with Gasteiger partial charge in [0, 0.05) is 13.1 Å². The fourth-order valence-electron chi connectivity index (χ4n) is 3.22. The highest BCUT2D eigenvalue weighted by molar-refractivity contribution is 5.97. The first-order valence-corrected chi connectivity index (χ1v) is 9.39. The van der Waals surface area contributed by atoms with Crippen LogP contribution in [0.2, 0.25) is 0 Å². The Kier molecular flexibility index (Phi) is 6.09. The predicted octanol–water partition coefficient (Wildman–Crippen LogP) is 2.66. The molecule has 0 fully saturated rings. The molecule has 0 aromatic carbocycles. The van der Waals surface area contributed by atoms with Gasteiger partial charge in [-0.2, -0.15) is 0 Å². The average Bonchev–Trinajstić information content (AvgIpc) is 3.31. The van der Waals surface area contributed by atoms with E-state index in [2.05, 4.69) is 22.5 Å². The van der Waals surface area contributed by atoms with Crippen LogP contribution in [0.15, 0.2) is 22.8 Å². The molecule has 7 nitrogen and oxygen atoms in total. The van der Waals surface area contributed by atoms with Gasteiger partial charge < -0.3 is 19.6 Å². The fraction of sp³-hybridized carbons (Fsp3) is 0.526. The molecule has 2 N–H and O–H groups in total.